The highest BCUT2D eigenvalue weighted by Crippen LogP contribution is 2.01. The molecule has 0 N–H and O–H groups in total. The predicted octanol–water partition coefficient (Wildman–Crippen LogP) is 1.70. The fraction of sp³-hybridized carbons (Fsp3) is 0.167. The number of aromatic nitrogens is 2. The normalized spacial score (nSPS) is 9.56. The molecule has 0 saturated heterocycles. The largest absolute Gasteiger partial charge is 0.227 e. The van der Waals surface area contributed by atoms with Crippen LogP contribution >= 0.6 is 11.6 Å². The van der Waals surface area contributed by atoms with Crippen molar-refractivity contribution in [3.63, 3.8) is 0 Å². The van der Waals surface area contributed by atoms with Crippen molar-refractivity contribution < 1.29 is 0 Å². The Morgan fingerprint density at radius 1 is 1.67 bits per heavy atom. The zero-order valence-electron chi connectivity index (χ0n) is 5.00. The molecule has 0 saturated carbocycles. The molecule has 1 rings (SSSR count). The molecule has 9 heavy (non-hydrogen) atoms. The van der Waals surface area contributed by atoms with Gasteiger partial charge in [-0.25, -0.2) is 9.97 Å². The monoisotopic (exact) mass is 141 g/mol. The Morgan fingerprint density at radius 2 is 2.44 bits per heavy atom. The summed E-state index contributed by atoms with van der Waals surface area (Å²) in [6, 6.07) is 1.80. The Bertz CT molecular complexity index is 200. The third-order valence-electron chi connectivity index (χ3n) is 0.943. The quantitative estimate of drug-likeness (QED) is 0.557. The molecular weight excluding hydrogens is 136 g/mol. The maximum Gasteiger partial charge on any atom is 0.222 e. The van der Waals surface area contributed by atoms with Crippen LogP contribution in [-0.2, 0) is 0 Å². The van der Waals surface area contributed by atoms with Gasteiger partial charge in [-0.1, -0.05) is 6.92 Å². The van der Waals surface area contributed by atoms with E-state index in [0.717, 1.165) is 5.69 Å². The maximum atomic E-state index is 5.48. The molecule has 1 radical (unpaired) electrons. The van der Waals surface area contributed by atoms with Crippen molar-refractivity contribution in [1.29, 1.82) is 0 Å². The Balaban J connectivity index is 2.94. The van der Waals surface area contributed by atoms with Crippen molar-refractivity contribution in [2.45, 2.75) is 6.92 Å². The zero-order chi connectivity index (χ0) is 6.69. The van der Waals surface area contributed by atoms with Crippen LogP contribution in [0.25, 0.3) is 0 Å². The molecule has 3 heteroatoms. The van der Waals surface area contributed by atoms with Gasteiger partial charge in [0.1, 0.15) is 0 Å². The summed E-state index contributed by atoms with van der Waals surface area (Å²) in [5, 5.41) is 0.297. The molecule has 2 nitrogen and oxygen atoms in total. The van der Waals surface area contributed by atoms with E-state index in [1.807, 2.05) is 13.3 Å². The Kier molecular flexibility index (Phi) is 2.01. The smallest absolute Gasteiger partial charge is 0.222 e. The summed E-state index contributed by atoms with van der Waals surface area (Å²) < 4.78 is 0. The SMILES string of the molecule is C[CH]c1ccnc(Cl)n1. The molecule has 1 heterocycles. The van der Waals surface area contributed by atoms with Gasteiger partial charge in [-0.2, -0.15) is 0 Å². The summed E-state index contributed by atoms with van der Waals surface area (Å²) >= 11 is 5.48. The molecule has 0 aliphatic rings. The minimum Gasteiger partial charge on any atom is -0.227 e. The average Bonchev–Trinajstić information content (AvgIpc) is 1.88. The lowest BCUT2D eigenvalue weighted by atomic mass is 10.3. The first-order valence-corrected chi connectivity index (χ1v) is 2.98. The summed E-state index contributed by atoms with van der Waals surface area (Å²) in [4.78, 5) is 7.61. The van der Waals surface area contributed by atoms with Crippen LogP contribution in [0, 0.1) is 6.42 Å². The molecule has 0 amide bonds. The molecule has 0 unspecified atom stereocenters. The lowest BCUT2D eigenvalue weighted by Gasteiger charge is -1.91. The first kappa shape index (κ1) is 6.49. The molecular formula is C6H6ClN2. The predicted molar refractivity (Wildman–Crippen MR) is 36.1 cm³/mol. The van der Waals surface area contributed by atoms with Crippen LogP contribution in [0.4, 0.5) is 0 Å². The van der Waals surface area contributed by atoms with E-state index in [-0.39, 0.29) is 0 Å². The first-order chi connectivity index (χ1) is 4.33. The maximum absolute atomic E-state index is 5.48. The van der Waals surface area contributed by atoms with E-state index in [9.17, 15) is 0 Å². The van der Waals surface area contributed by atoms with Crippen LogP contribution in [-0.4, -0.2) is 9.97 Å². The third-order valence-corrected chi connectivity index (χ3v) is 1.13. The van der Waals surface area contributed by atoms with Gasteiger partial charge in [0.05, 0.1) is 0 Å². The fourth-order valence-electron chi connectivity index (χ4n) is 0.509. The van der Waals surface area contributed by atoms with Crippen molar-refractivity contribution in [1.82, 2.24) is 9.97 Å². The molecule has 47 valence electrons. The molecule has 0 aliphatic heterocycles. The molecule has 1 aromatic heterocycles. The van der Waals surface area contributed by atoms with E-state index >= 15 is 0 Å². The van der Waals surface area contributed by atoms with E-state index in [2.05, 4.69) is 9.97 Å². The minimum atomic E-state index is 0.297. The van der Waals surface area contributed by atoms with Crippen molar-refractivity contribution in [3.8, 4) is 0 Å². The summed E-state index contributed by atoms with van der Waals surface area (Å²) in [5.74, 6) is 0. The van der Waals surface area contributed by atoms with Gasteiger partial charge in [-0.05, 0) is 17.7 Å². The van der Waals surface area contributed by atoms with Crippen LogP contribution in [0.1, 0.15) is 12.6 Å². The van der Waals surface area contributed by atoms with Gasteiger partial charge in [0.25, 0.3) is 0 Å². The summed E-state index contributed by atoms with van der Waals surface area (Å²) in [6.07, 6.45) is 3.50. The topological polar surface area (TPSA) is 25.8 Å². The van der Waals surface area contributed by atoms with Gasteiger partial charge in [-0.15, -0.1) is 0 Å². The Hall–Kier alpha value is -0.630. The second-order valence-electron chi connectivity index (χ2n) is 1.54. The Labute approximate surface area is 58.9 Å². The van der Waals surface area contributed by atoms with Gasteiger partial charge in [0, 0.05) is 18.3 Å². The number of nitrogens with zero attached hydrogens (tertiary/aromatic N) is 2. The number of hydrogen-bond donors (Lipinski definition) is 0. The van der Waals surface area contributed by atoms with Crippen molar-refractivity contribution in [3.05, 3.63) is 29.7 Å². The highest BCUT2D eigenvalue weighted by Gasteiger charge is 1.90. The van der Waals surface area contributed by atoms with Crippen LogP contribution in [0.15, 0.2) is 12.3 Å². The second-order valence-corrected chi connectivity index (χ2v) is 1.88. The zero-order valence-corrected chi connectivity index (χ0v) is 5.76. The second kappa shape index (κ2) is 2.78. The van der Waals surface area contributed by atoms with E-state index < -0.39 is 0 Å². The average molecular weight is 142 g/mol. The molecule has 1 aromatic rings. The molecule has 0 fully saturated rings. The van der Waals surface area contributed by atoms with Gasteiger partial charge in [0.15, 0.2) is 0 Å². The van der Waals surface area contributed by atoms with Crippen LogP contribution < -0.4 is 0 Å². The molecule has 0 bridgehead atoms. The van der Waals surface area contributed by atoms with Gasteiger partial charge < -0.3 is 0 Å². The fourth-order valence-corrected chi connectivity index (χ4v) is 0.663. The van der Waals surface area contributed by atoms with Crippen LogP contribution in [0.3, 0.4) is 0 Å². The number of rotatable bonds is 1. The lowest BCUT2D eigenvalue weighted by Crippen LogP contribution is -1.85. The van der Waals surface area contributed by atoms with Crippen molar-refractivity contribution in [2.24, 2.45) is 0 Å². The summed E-state index contributed by atoms with van der Waals surface area (Å²) in [7, 11) is 0. The summed E-state index contributed by atoms with van der Waals surface area (Å²) in [5.41, 5.74) is 0.856. The van der Waals surface area contributed by atoms with Crippen LogP contribution in [0.5, 0.6) is 0 Å². The summed E-state index contributed by atoms with van der Waals surface area (Å²) in [6.45, 7) is 1.90. The van der Waals surface area contributed by atoms with E-state index in [1.54, 1.807) is 12.3 Å². The van der Waals surface area contributed by atoms with Crippen molar-refractivity contribution >= 4 is 11.6 Å². The van der Waals surface area contributed by atoms with Crippen LogP contribution in [0.2, 0.25) is 5.28 Å². The number of hydrogen-bond acceptors (Lipinski definition) is 2. The van der Waals surface area contributed by atoms with Crippen molar-refractivity contribution in [2.75, 3.05) is 0 Å². The Morgan fingerprint density at radius 3 is 2.89 bits per heavy atom. The number of halogens is 1. The van der Waals surface area contributed by atoms with E-state index in [1.165, 1.54) is 0 Å². The highest BCUT2D eigenvalue weighted by atomic mass is 35.5. The molecule has 0 atom stereocenters. The third kappa shape index (κ3) is 1.64. The molecule has 0 aliphatic carbocycles. The van der Waals surface area contributed by atoms with E-state index in [0.29, 0.717) is 5.28 Å². The molecule has 0 aromatic carbocycles. The van der Waals surface area contributed by atoms with Gasteiger partial charge in [0.2, 0.25) is 5.28 Å². The highest BCUT2D eigenvalue weighted by molar-refractivity contribution is 6.28. The molecule has 0 spiro atoms. The van der Waals surface area contributed by atoms with Gasteiger partial charge >= 0.3 is 0 Å². The standard InChI is InChI=1S/C6H6ClN2/c1-2-5-3-4-8-6(7)9-5/h2-4H,1H3. The first-order valence-electron chi connectivity index (χ1n) is 2.61. The van der Waals surface area contributed by atoms with Gasteiger partial charge in [-0.3, -0.25) is 0 Å². The lowest BCUT2D eigenvalue weighted by molar-refractivity contribution is 1.11. The van der Waals surface area contributed by atoms with E-state index in [4.69, 9.17) is 11.6 Å². The minimum absolute atomic E-state index is 0.297.